The van der Waals surface area contributed by atoms with E-state index in [4.69, 9.17) is 8.94 Å². The number of hydrogen-bond donors (Lipinski definition) is 1. The summed E-state index contributed by atoms with van der Waals surface area (Å²) in [7, 11) is 0. The Labute approximate surface area is 146 Å². The fraction of sp³-hybridized carbons (Fsp3) is 0.294. The second kappa shape index (κ2) is 6.32. The van der Waals surface area contributed by atoms with Crippen molar-refractivity contribution in [2.45, 2.75) is 32.2 Å². The number of nitrogens with one attached hydrogen (secondary N) is 1. The van der Waals surface area contributed by atoms with E-state index in [1.165, 1.54) is 6.20 Å². The van der Waals surface area contributed by atoms with Crippen LogP contribution in [0.3, 0.4) is 0 Å². The molecule has 1 N–H and O–H groups in total. The van der Waals surface area contributed by atoms with E-state index in [1.54, 1.807) is 13.0 Å². The topological polar surface area (TPSA) is 94.1 Å². The largest absolute Gasteiger partial charge is 0.436 e. The molecule has 134 valence electrons. The van der Waals surface area contributed by atoms with Gasteiger partial charge in [-0.1, -0.05) is 11.2 Å². The molecule has 26 heavy (non-hydrogen) atoms. The quantitative estimate of drug-likeness (QED) is 0.766. The van der Waals surface area contributed by atoms with E-state index in [2.05, 4.69) is 20.4 Å². The van der Waals surface area contributed by atoms with Gasteiger partial charge in [0.1, 0.15) is 0 Å². The first-order valence-corrected chi connectivity index (χ1v) is 7.99. The van der Waals surface area contributed by atoms with Crippen LogP contribution < -0.4 is 5.32 Å². The maximum Gasteiger partial charge on any atom is 0.300 e. The Morgan fingerprint density at radius 3 is 2.92 bits per heavy atom. The molecule has 0 saturated heterocycles. The van der Waals surface area contributed by atoms with Gasteiger partial charge >= 0.3 is 6.43 Å². The highest BCUT2D eigenvalue weighted by molar-refractivity contribution is 5.91. The molecule has 0 spiro atoms. The molecule has 1 aliphatic rings. The average molecular weight is 360 g/mol. The van der Waals surface area contributed by atoms with E-state index < -0.39 is 12.2 Å². The second-order valence-electron chi connectivity index (χ2n) is 5.98. The van der Waals surface area contributed by atoms with Crippen LogP contribution >= 0.6 is 0 Å². The summed E-state index contributed by atoms with van der Waals surface area (Å²) in [6.45, 7) is 1.67. The fourth-order valence-corrected chi connectivity index (χ4v) is 3.04. The molecule has 2 aromatic heterocycles. The molecule has 4 rings (SSSR count). The van der Waals surface area contributed by atoms with Crippen LogP contribution in [0.15, 0.2) is 33.3 Å². The second-order valence-corrected chi connectivity index (χ2v) is 5.98. The minimum Gasteiger partial charge on any atom is -0.436 e. The average Bonchev–Trinajstić information content (AvgIpc) is 3.34. The summed E-state index contributed by atoms with van der Waals surface area (Å²) < 4.78 is 35.3. The van der Waals surface area contributed by atoms with Gasteiger partial charge in [0.05, 0.1) is 12.2 Å². The van der Waals surface area contributed by atoms with Gasteiger partial charge in [-0.05, 0) is 36.1 Å². The highest BCUT2D eigenvalue weighted by atomic mass is 19.3. The number of hydrogen-bond acceptors (Lipinski definition) is 6. The van der Waals surface area contributed by atoms with Gasteiger partial charge in [-0.15, -0.1) is 0 Å². The maximum absolute atomic E-state index is 12.6. The molecule has 0 unspecified atom stereocenters. The molecule has 1 aromatic carbocycles. The smallest absolute Gasteiger partial charge is 0.300 e. The number of aromatic nitrogens is 3. The molecule has 9 heteroatoms. The predicted octanol–water partition coefficient (Wildman–Crippen LogP) is 3.39. The third kappa shape index (κ3) is 2.96. The third-order valence-electron chi connectivity index (χ3n) is 4.25. The van der Waals surface area contributed by atoms with Crippen molar-refractivity contribution < 1.29 is 22.5 Å². The molecular formula is C17H14F2N4O3. The van der Waals surface area contributed by atoms with E-state index in [0.29, 0.717) is 11.5 Å². The van der Waals surface area contributed by atoms with E-state index in [-0.39, 0.29) is 23.6 Å². The van der Waals surface area contributed by atoms with Crippen molar-refractivity contribution in [3.8, 4) is 11.5 Å². The van der Waals surface area contributed by atoms with Crippen LogP contribution in [0.5, 0.6) is 0 Å². The molecule has 0 aliphatic heterocycles. The highest BCUT2D eigenvalue weighted by Crippen LogP contribution is 2.34. The van der Waals surface area contributed by atoms with Gasteiger partial charge in [0.2, 0.25) is 11.6 Å². The zero-order valence-corrected chi connectivity index (χ0v) is 13.7. The van der Waals surface area contributed by atoms with Crippen LogP contribution in [0.4, 0.5) is 8.78 Å². The monoisotopic (exact) mass is 360 g/mol. The van der Waals surface area contributed by atoms with Gasteiger partial charge in [-0.2, -0.15) is 4.98 Å². The van der Waals surface area contributed by atoms with Gasteiger partial charge in [-0.25, -0.2) is 13.8 Å². The first-order chi connectivity index (χ1) is 12.5. The molecule has 0 fully saturated rings. The molecule has 0 bridgehead atoms. The number of benzene rings is 1. The van der Waals surface area contributed by atoms with Gasteiger partial charge in [0.15, 0.2) is 5.89 Å². The molecular weight excluding hydrogens is 346 g/mol. The molecule has 7 nitrogen and oxygen atoms in total. The normalized spacial score (nSPS) is 16.1. The van der Waals surface area contributed by atoms with Gasteiger partial charge < -0.3 is 14.3 Å². The number of carbonyl (C=O) groups is 1. The molecule has 0 radical (unpaired) electrons. The van der Waals surface area contributed by atoms with E-state index in [0.717, 1.165) is 24.0 Å². The Hall–Kier alpha value is -3.10. The molecule has 1 amide bonds. The van der Waals surface area contributed by atoms with E-state index in [1.807, 2.05) is 12.1 Å². The summed E-state index contributed by atoms with van der Waals surface area (Å²) in [6.07, 6.45) is 0.0735. The van der Waals surface area contributed by atoms with Crippen molar-refractivity contribution in [3.05, 3.63) is 53.0 Å². The Kier molecular flexibility index (Phi) is 3.98. The first-order valence-electron chi connectivity index (χ1n) is 7.99. The SMILES string of the molecule is Cc1ncc(C(=O)N[C@@H]2CCc3cc(-c4nc(C(F)F)no4)ccc32)o1. The van der Waals surface area contributed by atoms with Gasteiger partial charge in [0, 0.05) is 12.5 Å². The maximum atomic E-state index is 12.6. The molecule has 2 heterocycles. The molecule has 1 atom stereocenters. The Bertz CT molecular complexity index is 967. The lowest BCUT2D eigenvalue weighted by Gasteiger charge is -2.13. The summed E-state index contributed by atoms with van der Waals surface area (Å²) >= 11 is 0. The third-order valence-corrected chi connectivity index (χ3v) is 4.25. The lowest BCUT2D eigenvalue weighted by molar-refractivity contribution is 0.0907. The van der Waals surface area contributed by atoms with Crippen molar-refractivity contribution in [3.63, 3.8) is 0 Å². The predicted molar refractivity (Wildman–Crippen MR) is 84.5 cm³/mol. The van der Waals surface area contributed by atoms with Crippen molar-refractivity contribution in [2.24, 2.45) is 0 Å². The minimum atomic E-state index is -2.78. The van der Waals surface area contributed by atoms with E-state index in [9.17, 15) is 13.6 Å². The van der Waals surface area contributed by atoms with Crippen LogP contribution in [0.25, 0.3) is 11.5 Å². The number of nitrogens with zero attached hydrogens (tertiary/aromatic N) is 3. The Balaban J connectivity index is 1.53. The number of fused-ring (bicyclic) bond motifs is 1. The zero-order valence-electron chi connectivity index (χ0n) is 13.7. The molecule has 3 aromatic rings. The summed E-state index contributed by atoms with van der Waals surface area (Å²) in [4.78, 5) is 19.8. The first kappa shape index (κ1) is 16.4. The fourth-order valence-electron chi connectivity index (χ4n) is 3.04. The van der Waals surface area contributed by atoms with Crippen LogP contribution in [0.1, 0.15) is 52.3 Å². The Morgan fingerprint density at radius 2 is 2.23 bits per heavy atom. The minimum absolute atomic E-state index is 0.0488. The summed E-state index contributed by atoms with van der Waals surface area (Å²) in [5.74, 6) is -0.320. The van der Waals surface area contributed by atoms with Gasteiger partial charge in [0.25, 0.3) is 11.8 Å². The lowest BCUT2D eigenvalue weighted by atomic mass is 10.0. The standard InChI is InChI=1S/C17H14F2N4O3/c1-8-20-7-13(25-8)16(24)21-12-5-3-9-6-10(2-4-11(9)12)17-22-15(14(18)19)23-26-17/h2,4,6-7,12,14H,3,5H2,1H3,(H,21,24)/t12-/m1/s1. The summed E-state index contributed by atoms with van der Waals surface area (Å²) in [5, 5.41) is 6.19. The zero-order chi connectivity index (χ0) is 18.3. The number of carbonyl (C=O) groups excluding carboxylic acids is 1. The van der Waals surface area contributed by atoms with Crippen molar-refractivity contribution >= 4 is 5.91 Å². The molecule has 0 saturated carbocycles. The van der Waals surface area contributed by atoms with Crippen LogP contribution in [-0.2, 0) is 6.42 Å². The van der Waals surface area contributed by atoms with Crippen LogP contribution in [0.2, 0.25) is 0 Å². The van der Waals surface area contributed by atoms with Crippen LogP contribution in [-0.4, -0.2) is 21.0 Å². The number of rotatable bonds is 4. The molecule has 1 aliphatic carbocycles. The van der Waals surface area contributed by atoms with Crippen molar-refractivity contribution in [1.29, 1.82) is 0 Å². The van der Waals surface area contributed by atoms with E-state index >= 15 is 0 Å². The summed E-state index contributed by atoms with van der Waals surface area (Å²) in [6, 6.07) is 5.21. The Morgan fingerprint density at radius 1 is 1.38 bits per heavy atom. The lowest BCUT2D eigenvalue weighted by Crippen LogP contribution is -2.26. The number of oxazole rings is 1. The van der Waals surface area contributed by atoms with Crippen molar-refractivity contribution in [2.75, 3.05) is 0 Å². The summed E-state index contributed by atoms with van der Waals surface area (Å²) in [5.41, 5.74) is 2.53. The number of halogens is 2. The number of amides is 1. The highest BCUT2D eigenvalue weighted by Gasteiger charge is 2.26. The number of aryl methyl sites for hydroxylation is 2. The van der Waals surface area contributed by atoms with Crippen molar-refractivity contribution in [1.82, 2.24) is 20.4 Å². The van der Waals surface area contributed by atoms with Crippen LogP contribution in [0, 0.1) is 6.92 Å². The number of alkyl halides is 2. The van der Waals surface area contributed by atoms with Gasteiger partial charge in [-0.3, -0.25) is 4.79 Å².